The quantitative estimate of drug-likeness (QED) is 0.583. The summed E-state index contributed by atoms with van der Waals surface area (Å²) in [5.41, 5.74) is 0. The lowest BCUT2D eigenvalue weighted by atomic mass is 9.94. The molecule has 1 heterocycles. The lowest BCUT2D eigenvalue weighted by Gasteiger charge is -2.35. The summed E-state index contributed by atoms with van der Waals surface area (Å²) in [5, 5.41) is 0. The van der Waals surface area contributed by atoms with Crippen molar-refractivity contribution >= 4 is 15.9 Å². The fourth-order valence-electron chi connectivity index (χ4n) is 1.87. The summed E-state index contributed by atoms with van der Waals surface area (Å²) < 4.78 is 11.2. The van der Waals surface area contributed by atoms with E-state index in [1.54, 1.807) is 0 Å². The number of ether oxygens (including phenoxy) is 2. The first-order chi connectivity index (χ1) is 5.33. The monoisotopic (exact) mass is 220 g/mol. The van der Waals surface area contributed by atoms with Crippen molar-refractivity contribution in [1.29, 1.82) is 0 Å². The third kappa shape index (κ3) is 1.34. The van der Waals surface area contributed by atoms with Crippen LogP contribution in [-0.2, 0) is 9.47 Å². The third-order valence-electron chi connectivity index (χ3n) is 2.49. The van der Waals surface area contributed by atoms with Crippen LogP contribution in [0.15, 0.2) is 0 Å². The van der Waals surface area contributed by atoms with Gasteiger partial charge in [0.2, 0.25) is 0 Å². The number of halogens is 1. The Hall–Kier alpha value is 0.400. The van der Waals surface area contributed by atoms with Crippen LogP contribution < -0.4 is 0 Å². The van der Waals surface area contributed by atoms with Crippen LogP contribution >= 0.6 is 15.9 Å². The van der Waals surface area contributed by atoms with Crippen LogP contribution in [-0.4, -0.2) is 23.8 Å². The van der Waals surface area contributed by atoms with Crippen molar-refractivity contribution < 1.29 is 9.47 Å². The maximum atomic E-state index is 5.62. The van der Waals surface area contributed by atoms with Gasteiger partial charge in [-0.25, -0.2) is 0 Å². The summed E-state index contributed by atoms with van der Waals surface area (Å²) in [4.78, 5) is 0.409. The minimum absolute atomic E-state index is 0.252. The van der Waals surface area contributed by atoms with E-state index in [9.17, 15) is 0 Å². The van der Waals surface area contributed by atoms with Crippen LogP contribution in [0.25, 0.3) is 0 Å². The van der Waals surface area contributed by atoms with Gasteiger partial charge >= 0.3 is 0 Å². The summed E-state index contributed by atoms with van der Waals surface area (Å²) in [6, 6.07) is 0. The minimum Gasteiger partial charge on any atom is -0.346 e. The first-order valence-electron chi connectivity index (χ1n) is 4.25. The zero-order valence-electron chi connectivity index (χ0n) is 6.51. The molecule has 11 heavy (non-hydrogen) atoms. The third-order valence-corrected chi connectivity index (χ3v) is 3.64. The number of hydrogen-bond donors (Lipinski definition) is 0. The van der Waals surface area contributed by atoms with Crippen molar-refractivity contribution in [1.82, 2.24) is 0 Å². The average molecular weight is 221 g/mol. The second-order valence-electron chi connectivity index (χ2n) is 3.22. The molecule has 2 aliphatic rings. The highest BCUT2D eigenvalue weighted by Crippen LogP contribution is 2.39. The number of rotatable bonds is 0. The first-order valence-corrected chi connectivity index (χ1v) is 5.17. The van der Waals surface area contributed by atoms with E-state index in [0.717, 1.165) is 19.6 Å². The smallest absolute Gasteiger partial charge is 0.180 e. The van der Waals surface area contributed by atoms with Crippen LogP contribution in [0.1, 0.15) is 25.7 Å². The maximum Gasteiger partial charge on any atom is 0.180 e. The Balaban J connectivity index is 2.07. The minimum atomic E-state index is -0.252. The topological polar surface area (TPSA) is 18.5 Å². The highest BCUT2D eigenvalue weighted by molar-refractivity contribution is 9.09. The van der Waals surface area contributed by atoms with E-state index in [0.29, 0.717) is 4.83 Å². The van der Waals surface area contributed by atoms with Gasteiger partial charge in [-0.2, -0.15) is 0 Å². The van der Waals surface area contributed by atoms with Gasteiger partial charge in [-0.05, 0) is 12.8 Å². The Kier molecular flexibility index (Phi) is 2.21. The van der Waals surface area contributed by atoms with Crippen LogP contribution in [0, 0.1) is 0 Å². The van der Waals surface area contributed by atoms with E-state index in [4.69, 9.17) is 9.47 Å². The van der Waals surface area contributed by atoms with Crippen molar-refractivity contribution in [3.05, 3.63) is 0 Å². The standard InChI is InChI=1S/C8H13BrO2/c9-7-3-1-2-4-8(7)10-5-6-11-8/h7H,1-6H2. The molecular formula is C8H13BrO2. The van der Waals surface area contributed by atoms with Crippen molar-refractivity contribution in [2.45, 2.75) is 36.3 Å². The van der Waals surface area contributed by atoms with Crippen LogP contribution in [0.3, 0.4) is 0 Å². The zero-order chi connectivity index (χ0) is 7.73. The van der Waals surface area contributed by atoms with Crippen molar-refractivity contribution in [3.8, 4) is 0 Å². The molecule has 0 aromatic heterocycles. The second-order valence-corrected chi connectivity index (χ2v) is 4.33. The van der Waals surface area contributed by atoms with Crippen LogP contribution in [0.2, 0.25) is 0 Å². The number of hydrogen-bond acceptors (Lipinski definition) is 2. The van der Waals surface area contributed by atoms with Crippen LogP contribution in [0.4, 0.5) is 0 Å². The summed E-state index contributed by atoms with van der Waals surface area (Å²) in [6.07, 6.45) is 4.77. The highest BCUT2D eigenvalue weighted by Gasteiger charge is 2.44. The second kappa shape index (κ2) is 3.04. The number of alkyl halides is 1. The van der Waals surface area contributed by atoms with Crippen molar-refractivity contribution in [2.24, 2.45) is 0 Å². The van der Waals surface area contributed by atoms with Gasteiger partial charge in [-0.15, -0.1) is 0 Å². The molecule has 2 nitrogen and oxygen atoms in total. The Morgan fingerprint density at radius 2 is 1.91 bits per heavy atom. The normalized spacial score (nSPS) is 36.3. The predicted octanol–water partition coefficient (Wildman–Crippen LogP) is 2.07. The summed E-state index contributed by atoms with van der Waals surface area (Å²) in [6.45, 7) is 1.53. The van der Waals surface area contributed by atoms with E-state index in [1.807, 2.05) is 0 Å². The Bertz CT molecular complexity index is 143. The molecule has 0 aromatic carbocycles. The van der Waals surface area contributed by atoms with Crippen LogP contribution in [0.5, 0.6) is 0 Å². The average Bonchev–Trinajstić information content (AvgIpc) is 2.46. The molecule has 2 rings (SSSR count). The van der Waals surface area contributed by atoms with E-state index in [-0.39, 0.29) is 5.79 Å². The van der Waals surface area contributed by atoms with E-state index in [2.05, 4.69) is 15.9 Å². The van der Waals surface area contributed by atoms with Gasteiger partial charge in [0.25, 0.3) is 0 Å². The molecule has 0 N–H and O–H groups in total. The Labute approximate surface area is 75.4 Å². The van der Waals surface area contributed by atoms with Gasteiger partial charge in [-0.1, -0.05) is 22.4 Å². The van der Waals surface area contributed by atoms with E-state index in [1.165, 1.54) is 19.3 Å². The van der Waals surface area contributed by atoms with Gasteiger partial charge < -0.3 is 9.47 Å². The van der Waals surface area contributed by atoms with Gasteiger partial charge in [0.15, 0.2) is 5.79 Å². The molecular weight excluding hydrogens is 208 g/mol. The van der Waals surface area contributed by atoms with Gasteiger partial charge in [0.1, 0.15) is 0 Å². The van der Waals surface area contributed by atoms with Crippen molar-refractivity contribution in [3.63, 3.8) is 0 Å². The predicted molar refractivity (Wildman–Crippen MR) is 45.8 cm³/mol. The van der Waals surface area contributed by atoms with E-state index < -0.39 is 0 Å². The Morgan fingerprint density at radius 3 is 2.55 bits per heavy atom. The fraction of sp³-hybridized carbons (Fsp3) is 1.00. The highest BCUT2D eigenvalue weighted by atomic mass is 79.9. The molecule has 0 aromatic rings. The molecule has 0 radical (unpaired) electrons. The van der Waals surface area contributed by atoms with Crippen molar-refractivity contribution in [2.75, 3.05) is 13.2 Å². The molecule has 0 amide bonds. The molecule has 1 aliphatic heterocycles. The largest absolute Gasteiger partial charge is 0.346 e. The summed E-state index contributed by atoms with van der Waals surface area (Å²) in [7, 11) is 0. The molecule has 1 saturated carbocycles. The summed E-state index contributed by atoms with van der Waals surface area (Å²) in [5.74, 6) is -0.252. The molecule has 0 bridgehead atoms. The molecule has 1 spiro atoms. The molecule has 3 heteroatoms. The van der Waals surface area contributed by atoms with Gasteiger partial charge in [-0.3, -0.25) is 0 Å². The molecule has 1 unspecified atom stereocenters. The first kappa shape index (κ1) is 8.02. The van der Waals surface area contributed by atoms with E-state index >= 15 is 0 Å². The summed E-state index contributed by atoms with van der Waals surface area (Å²) >= 11 is 3.62. The van der Waals surface area contributed by atoms with Gasteiger partial charge in [0, 0.05) is 6.42 Å². The fourth-order valence-corrected chi connectivity index (χ4v) is 2.68. The molecule has 1 aliphatic carbocycles. The molecule has 1 saturated heterocycles. The molecule has 2 fully saturated rings. The maximum absolute atomic E-state index is 5.62. The van der Waals surface area contributed by atoms with Gasteiger partial charge in [0.05, 0.1) is 18.0 Å². The molecule has 1 atom stereocenters. The lowest BCUT2D eigenvalue weighted by molar-refractivity contribution is -0.170. The zero-order valence-corrected chi connectivity index (χ0v) is 8.10. The SMILES string of the molecule is BrC1CCCCC12OCCO2. The Morgan fingerprint density at radius 1 is 1.18 bits per heavy atom. The molecule has 64 valence electrons. The lowest BCUT2D eigenvalue weighted by Crippen LogP contribution is -2.42.